The Morgan fingerprint density at radius 3 is 2.46 bits per heavy atom. The van der Waals surface area contributed by atoms with Gasteiger partial charge in [-0.05, 0) is 43.3 Å². The largest absolute Gasteiger partial charge is 0.387 e. The Hall–Kier alpha value is -2.36. The summed E-state index contributed by atoms with van der Waals surface area (Å²) in [4.78, 5) is 10.5. The van der Waals surface area contributed by atoms with Crippen LogP contribution in [-0.4, -0.2) is 17.5 Å². The molecule has 3 nitrogen and oxygen atoms in total. The van der Waals surface area contributed by atoms with Crippen molar-refractivity contribution in [2.45, 2.75) is 13.0 Å². The van der Waals surface area contributed by atoms with Crippen LogP contribution >= 0.6 is 23.2 Å². The molecule has 0 radical (unpaired) electrons. The molecular weight excluding hydrogens is 367 g/mol. The van der Waals surface area contributed by atoms with Crippen LogP contribution in [0.15, 0.2) is 76.9 Å². The van der Waals surface area contributed by atoms with Gasteiger partial charge in [0.05, 0.1) is 27.4 Å². The Bertz CT molecular complexity index is 938. The van der Waals surface area contributed by atoms with Crippen molar-refractivity contribution in [2.75, 3.05) is 0 Å². The molecule has 130 valence electrons. The molecule has 0 N–H and O–H groups in total. The van der Waals surface area contributed by atoms with E-state index in [-0.39, 0.29) is 12.0 Å². The zero-order chi connectivity index (χ0) is 18.1. The van der Waals surface area contributed by atoms with Crippen molar-refractivity contribution < 1.29 is 4.84 Å². The summed E-state index contributed by atoms with van der Waals surface area (Å²) in [5, 5.41) is 5.40. The molecule has 0 spiro atoms. The van der Waals surface area contributed by atoms with Crippen molar-refractivity contribution in [2.24, 2.45) is 16.1 Å². The molecule has 2 atom stereocenters. The van der Waals surface area contributed by atoms with Gasteiger partial charge >= 0.3 is 0 Å². The van der Waals surface area contributed by atoms with Gasteiger partial charge in [-0.2, -0.15) is 0 Å². The van der Waals surface area contributed by atoms with E-state index in [1.54, 1.807) is 12.1 Å². The fraction of sp³-hybridized carbons (Fsp3) is 0.143. The molecule has 5 heteroatoms. The van der Waals surface area contributed by atoms with Crippen molar-refractivity contribution in [3.05, 3.63) is 87.9 Å². The van der Waals surface area contributed by atoms with E-state index in [0.29, 0.717) is 21.3 Å². The third-order valence-corrected chi connectivity index (χ3v) is 5.03. The zero-order valence-electron chi connectivity index (χ0n) is 14.1. The van der Waals surface area contributed by atoms with Gasteiger partial charge in [-0.3, -0.25) is 4.99 Å². The quantitative estimate of drug-likeness (QED) is 0.634. The van der Waals surface area contributed by atoms with Crippen LogP contribution in [0.2, 0.25) is 10.0 Å². The van der Waals surface area contributed by atoms with Gasteiger partial charge in [0.2, 0.25) is 0 Å². The van der Waals surface area contributed by atoms with Crippen molar-refractivity contribution in [3.63, 3.8) is 0 Å². The van der Waals surface area contributed by atoms with E-state index in [1.807, 2.05) is 54.6 Å². The van der Waals surface area contributed by atoms with Gasteiger partial charge in [-0.1, -0.05) is 64.3 Å². The molecule has 2 aromatic carbocycles. The van der Waals surface area contributed by atoms with E-state index >= 15 is 0 Å². The molecule has 1 heterocycles. The molecule has 4 rings (SSSR count). The van der Waals surface area contributed by atoms with Crippen molar-refractivity contribution in [1.82, 2.24) is 0 Å². The first-order chi connectivity index (χ1) is 12.6. The molecule has 1 aliphatic heterocycles. The number of aryl methyl sites for hydroxylation is 1. The second-order valence-corrected chi connectivity index (χ2v) is 7.05. The summed E-state index contributed by atoms with van der Waals surface area (Å²) in [5.74, 6) is -0.177. The fourth-order valence-electron chi connectivity index (χ4n) is 3.10. The molecule has 26 heavy (non-hydrogen) atoms. The Labute approximate surface area is 162 Å². The summed E-state index contributed by atoms with van der Waals surface area (Å²) in [6, 6.07) is 13.5. The van der Waals surface area contributed by atoms with E-state index in [1.165, 1.54) is 5.56 Å². The number of oxime groups is 1. The van der Waals surface area contributed by atoms with E-state index in [2.05, 4.69) is 12.1 Å². The van der Waals surface area contributed by atoms with Gasteiger partial charge in [0.15, 0.2) is 6.10 Å². The first kappa shape index (κ1) is 17.1. The lowest BCUT2D eigenvalue weighted by molar-refractivity contribution is 0.110. The van der Waals surface area contributed by atoms with Crippen LogP contribution in [0.3, 0.4) is 0 Å². The lowest BCUT2D eigenvalue weighted by Gasteiger charge is -2.17. The van der Waals surface area contributed by atoms with E-state index in [0.717, 1.165) is 11.4 Å². The van der Waals surface area contributed by atoms with Crippen LogP contribution in [0.5, 0.6) is 0 Å². The first-order valence-corrected chi connectivity index (χ1v) is 9.07. The standard InChI is InChI=1S/C21H16Cl2N2O/c1-13-9-11-14(12-10-13)24-17-7-2-3-8-18-20(17)21(25-26-18)19-15(22)5-4-6-16(19)23/h2-12,18,20H,1H3. The highest BCUT2D eigenvalue weighted by Crippen LogP contribution is 2.35. The molecule has 0 saturated heterocycles. The monoisotopic (exact) mass is 382 g/mol. The summed E-state index contributed by atoms with van der Waals surface area (Å²) in [6.45, 7) is 2.05. The van der Waals surface area contributed by atoms with E-state index in [9.17, 15) is 0 Å². The Kier molecular flexibility index (Phi) is 4.66. The van der Waals surface area contributed by atoms with Crippen LogP contribution in [-0.2, 0) is 4.84 Å². The minimum absolute atomic E-state index is 0.177. The van der Waals surface area contributed by atoms with Gasteiger partial charge in [-0.25, -0.2) is 0 Å². The van der Waals surface area contributed by atoms with Crippen LogP contribution in [0.4, 0.5) is 5.69 Å². The number of hydrogen-bond donors (Lipinski definition) is 0. The summed E-state index contributed by atoms with van der Waals surface area (Å²) in [7, 11) is 0. The Balaban J connectivity index is 1.80. The number of hydrogen-bond acceptors (Lipinski definition) is 3. The number of halogens is 2. The van der Waals surface area contributed by atoms with Crippen molar-refractivity contribution in [3.8, 4) is 0 Å². The number of allylic oxidation sites excluding steroid dienone is 3. The number of fused-ring (bicyclic) bond motifs is 1. The van der Waals surface area contributed by atoms with Crippen LogP contribution in [0.25, 0.3) is 0 Å². The summed E-state index contributed by atoms with van der Waals surface area (Å²) in [6.07, 6.45) is 7.62. The fourth-order valence-corrected chi connectivity index (χ4v) is 3.69. The maximum Gasteiger partial charge on any atom is 0.160 e. The topological polar surface area (TPSA) is 34.0 Å². The summed E-state index contributed by atoms with van der Waals surface area (Å²) < 4.78 is 0. The molecule has 0 amide bonds. The van der Waals surface area contributed by atoms with Gasteiger partial charge in [-0.15, -0.1) is 0 Å². The Morgan fingerprint density at radius 1 is 1.00 bits per heavy atom. The smallest absolute Gasteiger partial charge is 0.160 e. The lowest BCUT2D eigenvalue weighted by Crippen LogP contribution is -2.29. The third-order valence-electron chi connectivity index (χ3n) is 4.40. The van der Waals surface area contributed by atoms with E-state index in [4.69, 9.17) is 33.0 Å². The van der Waals surface area contributed by atoms with Gasteiger partial charge < -0.3 is 4.84 Å². The maximum absolute atomic E-state index is 6.41. The average Bonchev–Trinajstić information content (AvgIpc) is 2.92. The predicted molar refractivity (Wildman–Crippen MR) is 108 cm³/mol. The number of nitrogens with zero attached hydrogens (tertiary/aromatic N) is 2. The number of aliphatic imine (C=N–C) groups is 1. The maximum atomic E-state index is 6.41. The second-order valence-electron chi connectivity index (χ2n) is 6.24. The molecule has 2 aromatic rings. The van der Waals surface area contributed by atoms with Crippen molar-refractivity contribution >= 4 is 40.3 Å². The lowest BCUT2D eigenvalue weighted by atomic mass is 9.88. The molecule has 2 unspecified atom stereocenters. The molecule has 0 fully saturated rings. The molecule has 2 aliphatic rings. The summed E-state index contributed by atoms with van der Waals surface area (Å²) in [5.41, 5.74) is 4.33. The van der Waals surface area contributed by atoms with E-state index < -0.39 is 0 Å². The minimum Gasteiger partial charge on any atom is -0.387 e. The molecule has 0 saturated carbocycles. The normalized spacial score (nSPS) is 22.7. The zero-order valence-corrected chi connectivity index (χ0v) is 15.6. The highest BCUT2D eigenvalue weighted by Gasteiger charge is 2.38. The minimum atomic E-state index is -0.239. The van der Waals surface area contributed by atoms with Crippen LogP contribution in [0, 0.1) is 12.8 Å². The molecular formula is C21H16Cl2N2O. The SMILES string of the molecule is Cc1ccc(N=C2C=CC=CC3ON=C(c4c(Cl)cccc4Cl)C23)cc1. The van der Waals surface area contributed by atoms with Gasteiger partial charge in [0.25, 0.3) is 0 Å². The van der Waals surface area contributed by atoms with Crippen LogP contribution in [0.1, 0.15) is 11.1 Å². The second kappa shape index (κ2) is 7.10. The molecule has 0 bridgehead atoms. The molecule has 0 aromatic heterocycles. The van der Waals surface area contributed by atoms with Gasteiger partial charge in [0.1, 0.15) is 5.71 Å². The van der Waals surface area contributed by atoms with Crippen LogP contribution < -0.4 is 0 Å². The summed E-state index contributed by atoms with van der Waals surface area (Å²) >= 11 is 12.8. The first-order valence-electron chi connectivity index (χ1n) is 8.32. The highest BCUT2D eigenvalue weighted by atomic mass is 35.5. The number of benzene rings is 2. The highest BCUT2D eigenvalue weighted by molar-refractivity contribution is 6.41. The average molecular weight is 383 g/mol. The Morgan fingerprint density at radius 2 is 1.73 bits per heavy atom. The third kappa shape index (κ3) is 3.20. The number of rotatable bonds is 2. The predicted octanol–water partition coefficient (Wildman–Crippen LogP) is 5.92. The van der Waals surface area contributed by atoms with Gasteiger partial charge in [0, 0.05) is 5.56 Å². The molecule has 1 aliphatic carbocycles. The van der Waals surface area contributed by atoms with Crippen molar-refractivity contribution in [1.29, 1.82) is 0 Å².